The Labute approximate surface area is 196 Å². The molecule has 0 atom stereocenters. The smallest absolute Gasteiger partial charge is 0.257 e. The van der Waals surface area contributed by atoms with Crippen molar-refractivity contribution < 1.29 is 13.9 Å². The molecule has 0 radical (unpaired) electrons. The van der Waals surface area contributed by atoms with E-state index >= 15 is 0 Å². The predicted octanol–water partition coefficient (Wildman–Crippen LogP) is 4.89. The van der Waals surface area contributed by atoms with E-state index in [1.54, 1.807) is 0 Å². The first kappa shape index (κ1) is 21.6. The summed E-state index contributed by atoms with van der Waals surface area (Å²) in [4.78, 5) is 19.7. The van der Waals surface area contributed by atoms with Crippen LogP contribution in [0.4, 0.5) is 5.69 Å². The third kappa shape index (κ3) is 5.21. The first-order valence-electron chi connectivity index (χ1n) is 11.0. The number of fused-ring (bicyclic) bond motifs is 1. The van der Waals surface area contributed by atoms with Crippen LogP contribution < -0.4 is 10.2 Å². The third-order valence-electron chi connectivity index (χ3n) is 5.65. The van der Waals surface area contributed by atoms with Crippen LogP contribution in [0, 0.1) is 0 Å². The van der Waals surface area contributed by atoms with Gasteiger partial charge in [-0.05, 0) is 41.5 Å². The summed E-state index contributed by atoms with van der Waals surface area (Å²) < 4.78 is 11.2. The monoisotopic (exact) mass is 459 g/mol. The Morgan fingerprint density at radius 1 is 0.970 bits per heavy atom. The molecule has 1 aromatic heterocycles. The molecule has 1 amide bonds. The van der Waals surface area contributed by atoms with E-state index in [-0.39, 0.29) is 5.91 Å². The van der Waals surface area contributed by atoms with Crippen molar-refractivity contribution in [3.8, 4) is 0 Å². The molecule has 33 heavy (non-hydrogen) atoms. The van der Waals surface area contributed by atoms with Gasteiger partial charge in [0.1, 0.15) is 5.52 Å². The molecule has 0 saturated carbocycles. The van der Waals surface area contributed by atoms with E-state index in [0.717, 1.165) is 48.5 Å². The molecule has 0 spiro atoms. The van der Waals surface area contributed by atoms with Gasteiger partial charge in [-0.3, -0.25) is 4.79 Å². The Morgan fingerprint density at radius 2 is 1.73 bits per heavy atom. The minimum absolute atomic E-state index is 0.0824. The highest BCUT2D eigenvalue weighted by atomic mass is 32.2. The van der Waals surface area contributed by atoms with Crippen molar-refractivity contribution in [1.29, 1.82) is 0 Å². The fourth-order valence-corrected chi connectivity index (χ4v) is 4.69. The molecule has 168 valence electrons. The van der Waals surface area contributed by atoms with Crippen LogP contribution in [-0.4, -0.2) is 37.2 Å². The fourth-order valence-electron chi connectivity index (χ4n) is 3.84. The second kappa shape index (κ2) is 10.1. The maximum Gasteiger partial charge on any atom is 0.257 e. The Balaban J connectivity index is 1.20. The number of hydrogen-bond acceptors (Lipinski definition) is 6. The molecule has 2 heterocycles. The SMILES string of the molecule is O=C(NCc1ccc(N2CCOCC2)cc1)c1ccccc1CSc1nc2ccccc2o1. The van der Waals surface area contributed by atoms with E-state index in [4.69, 9.17) is 9.15 Å². The second-order valence-electron chi connectivity index (χ2n) is 7.84. The van der Waals surface area contributed by atoms with Crippen LogP contribution in [0.3, 0.4) is 0 Å². The number of carbonyl (C=O) groups excluding carboxylic acids is 1. The summed E-state index contributed by atoms with van der Waals surface area (Å²) in [7, 11) is 0. The van der Waals surface area contributed by atoms with E-state index < -0.39 is 0 Å². The number of anilines is 1. The van der Waals surface area contributed by atoms with Gasteiger partial charge in [-0.25, -0.2) is 4.98 Å². The van der Waals surface area contributed by atoms with Crippen LogP contribution >= 0.6 is 11.8 Å². The van der Waals surface area contributed by atoms with Gasteiger partial charge in [0.2, 0.25) is 0 Å². The predicted molar refractivity (Wildman–Crippen MR) is 131 cm³/mol. The first-order chi connectivity index (χ1) is 16.3. The van der Waals surface area contributed by atoms with Crippen molar-refractivity contribution in [3.05, 3.63) is 89.5 Å². The number of rotatable bonds is 7. The van der Waals surface area contributed by atoms with Gasteiger partial charge in [0, 0.05) is 36.6 Å². The number of nitrogens with zero attached hydrogens (tertiary/aromatic N) is 2. The molecule has 0 aliphatic carbocycles. The van der Waals surface area contributed by atoms with E-state index in [9.17, 15) is 4.79 Å². The van der Waals surface area contributed by atoms with Gasteiger partial charge in [0.15, 0.2) is 5.58 Å². The molecule has 1 aliphatic rings. The van der Waals surface area contributed by atoms with Crippen LogP contribution in [0.2, 0.25) is 0 Å². The quantitative estimate of drug-likeness (QED) is 0.397. The number of thioether (sulfide) groups is 1. The lowest BCUT2D eigenvalue weighted by Gasteiger charge is -2.28. The Hall–Kier alpha value is -3.29. The van der Waals surface area contributed by atoms with Gasteiger partial charge in [0.05, 0.1) is 13.2 Å². The number of ether oxygens (including phenoxy) is 1. The molecule has 4 aromatic rings. The molecular weight excluding hydrogens is 434 g/mol. The van der Waals surface area contributed by atoms with Gasteiger partial charge in [-0.15, -0.1) is 0 Å². The normalized spacial score (nSPS) is 13.9. The standard InChI is InChI=1S/C26H25N3O3S/c30-25(27-17-19-9-11-21(12-10-19)29-13-15-31-16-14-29)22-6-2-1-5-20(22)18-33-26-28-23-7-3-4-8-24(23)32-26/h1-12H,13-18H2,(H,27,30). The molecule has 5 rings (SSSR count). The fraction of sp³-hybridized carbons (Fsp3) is 0.231. The zero-order valence-electron chi connectivity index (χ0n) is 18.2. The highest BCUT2D eigenvalue weighted by molar-refractivity contribution is 7.98. The molecule has 0 unspecified atom stereocenters. The Kier molecular flexibility index (Phi) is 6.60. The average molecular weight is 460 g/mol. The molecule has 1 saturated heterocycles. The van der Waals surface area contributed by atoms with Crippen molar-refractivity contribution in [2.75, 3.05) is 31.2 Å². The summed E-state index contributed by atoms with van der Waals surface area (Å²) in [5.74, 6) is 0.519. The zero-order valence-corrected chi connectivity index (χ0v) is 19.0. The second-order valence-corrected chi connectivity index (χ2v) is 8.77. The Morgan fingerprint density at radius 3 is 2.55 bits per heavy atom. The maximum atomic E-state index is 12.9. The number of amides is 1. The number of morpholine rings is 1. The molecule has 3 aromatic carbocycles. The van der Waals surface area contributed by atoms with Crippen molar-refractivity contribution >= 4 is 34.5 Å². The van der Waals surface area contributed by atoms with Crippen molar-refractivity contribution in [3.63, 3.8) is 0 Å². The topological polar surface area (TPSA) is 67.6 Å². The summed E-state index contributed by atoms with van der Waals surface area (Å²) in [5.41, 5.74) is 5.49. The summed E-state index contributed by atoms with van der Waals surface area (Å²) in [6.45, 7) is 3.83. The van der Waals surface area contributed by atoms with Crippen LogP contribution in [0.25, 0.3) is 11.1 Å². The number of nitrogens with one attached hydrogen (secondary N) is 1. The first-order valence-corrected chi connectivity index (χ1v) is 12.0. The van der Waals surface area contributed by atoms with Crippen LogP contribution in [-0.2, 0) is 17.0 Å². The number of hydrogen-bond donors (Lipinski definition) is 1. The largest absolute Gasteiger partial charge is 0.431 e. The van der Waals surface area contributed by atoms with E-state index in [0.29, 0.717) is 23.1 Å². The highest BCUT2D eigenvalue weighted by Crippen LogP contribution is 2.27. The minimum atomic E-state index is -0.0824. The van der Waals surface area contributed by atoms with Gasteiger partial charge in [-0.2, -0.15) is 0 Å². The molecule has 1 aliphatic heterocycles. The van der Waals surface area contributed by atoms with Crippen LogP contribution in [0.5, 0.6) is 0 Å². The number of benzene rings is 3. The lowest BCUT2D eigenvalue weighted by atomic mass is 10.1. The minimum Gasteiger partial charge on any atom is -0.431 e. The van der Waals surface area contributed by atoms with E-state index in [1.165, 1.54) is 17.4 Å². The van der Waals surface area contributed by atoms with Crippen molar-refractivity contribution in [2.24, 2.45) is 0 Å². The summed E-state index contributed by atoms with van der Waals surface area (Å²) in [6.07, 6.45) is 0. The van der Waals surface area contributed by atoms with Gasteiger partial charge < -0.3 is 19.4 Å². The summed E-state index contributed by atoms with van der Waals surface area (Å²) in [6, 6.07) is 23.7. The third-order valence-corrected chi connectivity index (χ3v) is 6.53. The number of carbonyl (C=O) groups is 1. The molecule has 7 heteroatoms. The number of aromatic nitrogens is 1. The van der Waals surface area contributed by atoms with Crippen molar-refractivity contribution in [1.82, 2.24) is 10.3 Å². The average Bonchev–Trinajstić information content (AvgIpc) is 3.30. The van der Waals surface area contributed by atoms with Crippen LogP contribution in [0.15, 0.2) is 82.4 Å². The van der Waals surface area contributed by atoms with Gasteiger partial charge in [-0.1, -0.05) is 54.2 Å². The van der Waals surface area contributed by atoms with Gasteiger partial charge in [0.25, 0.3) is 11.1 Å². The lowest BCUT2D eigenvalue weighted by Crippen LogP contribution is -2.36. The number of para-hydroxylation sites is 2. The lowest BCUT2D eigenvalue weighted by molar-refractivity contribution is 0.0950. The zero-order chi connectivity index (χ0) is 22.5. The molecular formula is C26H25N3O3S. The maximum absolute atomic E-state index is 12.9. The highest BCUT2D eigenvalue weighted by Gasteiger charge is 2.14. The molecule has 6 nitrogen and oxygen atoms in total. The molecule has 1 N–H and O–H groups in total. The van der Waals surface area contributed by atoms with Crippen molar-refractivity contribution in [2.45, 2.75) is 17.5 Å². The summed E-state index contributed by atoms with van der Waals surface area (Å²) in [5, 5.41) is 3.66. The van der Waals surface area contributed by atoms with E-state index in [1.807, 2.05) is 48.5 Å². The Bertz CT molecular complexity index is 1200. The molecule has 0 bridgehead atoms. The molecule has 1 fully saturated rings. The summed E-state index contributed by atoms with van der Waals surface area (Å²) >= 11 is 1.49. The number of oxazole rings is 1. The van der Waals surface area contributed by atoms with Gasteiger partial charge >= 0.3 is 0 Å². The van der Waals surface area contributed by atoms with E-state index in [2.05, 4.69) is 39.5 Å². The van der Waals surface area contributed by atoms with Crippen LogP contribution in [0.1, 0.15) is 21.5 Å².